The first-order valence-electron chi connectivity index (χ1n) is 7.99. The van der Waals surface area contributed by atoms with Gasteiger partial charge in [0, 0.05) is 11.8 Å². The largest absolute Gasteiger partial charge is 0.492 e. The molecule has 0 saturated heterocycles. The van der Waals surface area contributed by atoms with Gasteiger partial charge >= 0.3 is 6.03 Å². The summed E-state index contributed by atoms with van der Waals surface area (Å²) in [6.07, 6.45) is 0. The quantitative estimate of drug-likeness (QED) is 0.784. The number of carbonyl (C=O) groups excluding carboxylic acids is 1. The second-order valence-electron chi connectivity index (χ2n) is 6.63. The van der Waals surface area contributed by atoms with Gasteiger partial charge in [-0.2, -0.15) is 0 Å². The van der Waals surface area contributed by atoms with Crippen LogP contribution in [0.15, 0.2) is 42.5 Å². The first kappa shape index (κ1) is 18.7. The molecule has 0 heterocycles. The predicted molar refractivity (Wildman–Crippen MR) is 94.0 cm³/mol. The van der Waals surface area contributed by atoms with Crippen LogP contribution >= 0.6 is 0 Å². The van der Waals surface area contributed by atoms with Gasteiger partial charge in [-0.3, -0.25) is 0 Å². The Morgan fingerprint density at radius 2 is 1.72 bits per heavy atom. The summed E-state index contributed by atoms with van der Waals surface area (Å²) in [5.41, 5.74) is 1.47. The summed E-state index contributed by atoms with van der Waals surface area (Å²) >= 11 is 0. The van der Waals surface area contributed by atoms with E-state index in [1.165, 1.54) is 11.6 Å². The molecule has 2 aromatic rings. The zero-order valence-corrected chi connectivity index (χ0v) is 14.5. The van der Waals surface area contributed by atoms with Crippen molar-refractivity contribution in [3.63, 3.8) is 0 Å². The number of urea groups is 1. The number of carbonyl (C=O) groups is 1. The molecule has 2 rings (SSSR count). The Kier molecular flexibility index (Phi) is 5.96. The molecule has 25 heavy (non-hydrogen) atoms. The Morgan fingerprint density at radius 3 is 2.32 bits per heavy atom. The molecule has 2 N–H and O–H groups in total. The lowest BCUT2D eigenvalue weighted by molar-refractivity contribution is 0.247. The number of hydrogen-bond donors (Lipinski definition) is 2. The molecule has 0 unspecified atom stereocenters. The summed E-state index contributed by atoms with van der Waals surface area (Å²) in [5, 5.41) is 5.00. The van der Waals surface area contributed by atoms with Crippen molar-refractivity contribution >= 4 is 11.7 Å². The molecule has 0 atom stereocenters. The van der Waals surface area contributed by atoms with Crippen LogP contribution in [0.5, 0.6) is 5.75 Å². The molecule has 0 fully saturated rings. The third kappa shape index (κ3) is 5.74. The Balaban J connectivity index is 1.73. The number of hydrogen-bond acceptors (Lipinski definition) is 2. The number of ether oxygens (including phenoxy) is 1. The van der Waals surface area contributed by atoms with E-state index in [-0.39, 0.29) is 17.6 Å². The third-order valence-electron chi connectivity index (χ3n) is 3.55. The van der Waals surface area contributed by atoms with Crippen LogP contribution in [0.25, 0.3) is 0 Å². The van der Waals surface area contributed by atoms with E-state index in [1.54, 1.807) is 0 Å². The second kappa shape index (κ2) is 7.96. The van der Waals surface area contributed by atoms with Crippen molar-refractivity contribution in [2.75, 3.05) is 18.5 Å². The van der Waals surface area contributed by atoms with Crippen LogP contribution < -0.4 is 15.4 Å². The molecule has 0 spiro atoms. The van der Waals surface area contributed by atoms with Crippen molar-refractivity contribution in [2.24, 2.45) is 0 Å². The zero-order chi connectivity index (χ0) is 18.4. The molecule has 6 heteroatoms. The van der Waals surface area contributed by atoms with Crippen molar-refractivity contribution < 1.29 is 18.3 Å². The number of amides is 2. The van der Waals surface area contributed by atoms with Gasteiger partial charge in [-0.05, 0) is 35.2 Å². The molecule has 134 valence electrons. The van der Waals surface area contributed by atoms with Crippen LogP contribution in [0.4, 0.5) is 19.3 Å². The van der Waals surface area contributed by atoms with Gasteiger partial charge in [-0.1, -0.05) is 32.9 Å². The van der Waals surface area contributed by atoms with E-state index in [4.69, 9.17) is 4.74 Å². The minimum atomic E-state index is -1.01. The maximum Gasteiger partial charge on any atom is 0.319 e. The van der Waals surface area contributed by atoms with Gasteiger partial charge in [0.15, 0.2) is 11.6 Å². The zero-order valence-electron chi connectivity index (χ0n) is 14.5. The SMILES string of the molecule is CC(C)(C)c1ccc(OCCNC(=O)Nc2ccc(F)c(F)c2)cc1. The van der Waals surface area contributed by atoms with Crippen LogP contribution in [0.2, 0.25) is 0 Å². The van der Waals surface area contributed by atoms with Gasteiger partial charge in [0.05, 0.1) is 6.54 Å². The maximum atomic E-state index is 13.1. The van der Waals surface area contributed by atoms with E-state index in [0.29, 0.717) is 6.61 Å². The standard InChI is InChI=1S/C19H22F2N2O2/c1-19(2,3)13-4-7-15(8-5-13)25-11-10-22-18(24)23-14-6-9-16(20)17(21)12-14/h4-9,12H,10-11H2,1-3H3,(H2,22,23,24). The Bertz CT molecular complexity index is 725. The Hall–Kier alpha value is -2.63. The molecule has 0 aliphatic heterocycles. The molecule has 0 aliphatic carbocycles. The first-order valence-corrected chi connectivity index (χ1v) is 7.99. The molecule has 2 amide bonds. The van der Waals surface area contributed by atoms with Gasteiger partial charge in [0.25, 0.3) is 0 Å². The van der Waals surface area contributed by atoms with Crippen molar-refractivity contribution in [3.8, 4) is 5.75 Å². The topological polar surface area (TPSA) is 50.4 Å². The van der Waals surface area contributed by atoms with Gasteiger partial charge in [0.1, 0.15) is 12.4 Å². The number of benzene rings is 2. The van der Waals surface area contributed by atoms with Crippen molar-refractivity contribution in [1.29, 1.82) is 0 Å². The summed E-state index contributed by atoms with van der Waals surface area (Å²) in [6, 6.07) is 10.4. The fraction of sp³-hybridized carbons (Fsp3) is 0.316. The summed E-state index contributed by atoms with van der Waals surface area (Å²) < 4.78 is 31.4. The number of rotatable bonds is 5. The third-order valence-corrected chi connectivity index (χ3v) is 3.55. The lowest BCUT2D eigenvalue weighted by atomic mass is 9.87. The van der Waals surface area contributed by atoms with E-state index in [1.807, 2.05) is 24.3 Å². The van der Waals surface area contributed by atoms with E-state index in [9.17, 15) is 13.6 Å². The highest BCUT2D eigenvalue weighted by atomic mass is 19.2. The monoisotopic (exact) mass is 348 g/mol. The molecule has 0 aliphatic rings. The van der Waals surface area contributed by atoms with Crippen molar-refractivity contribution in [3.05, 3.63) is 59.7 Å². The summed E-state index contributed by atoms with van der Waals surface area (Å²) in [5.74, 6) is -1.26. The minimum absolute atomic E-state index is 0.0814. The Morgan fingerprint density at radius 1 is 1.04 bits per heavy atom. The van der Waals surface area contributed by atoms with Crippen LogP contribution in [0, 0.1) is 11.6 Å². The lowest BCUT2D eigenvalue weighted by Crippen LogP contribution is -2.32. The average molecular weight is 348 g/mol. The summed E-state index contributed by atoms with van der Waals surface area (Å²) in [6.45, 7) is 6.98. The molecular weight excluding hydrogens is 326 g/mol. The van der Waals surface area contributed by atoms with E-state index in [0.717, 1.165) is 17.9 Å². The second-order valence-corrected chi connectivity index (χ2v) is 6.63. The fourth-order valence-corrected chi connectivity index (χ4v) is 2.13. The highest BCUT2D eigenvalue weighted by Gasteiger charge is 2.13. The molecule has 2 aromatic carbocycles. The molecule has 0 radical (unpaired) electrons. The van der Waals surface area contributed by atoms with Crippen LogP contribution in [-0.4, -0.2) is 19.2 Å². The van der Waals surface area contributed by atoms with Crippen molar-refractivity contribution in [2.45, 2.75) is 26.2 Å². The first-order chi connectivity index (χ1) is 11.8. The number of halogens is 2. The fourth-order valence-electron chi connectivity index (χ4n) is 2.13. The molecule has 4 nitrogen and oxygen atoms in total. The van der Waals surface area contributed by atoms with Crippen molar-refractivity contribution in [1.82, 2.24) is 5.32 Å². The van der Waals surface area contributed by atoms with Crippen LogP contribution in [0.3, 0.4) is 0 Å². The van der Waals surface area contributed by atoms with Crippen LogP contribution in [-0.2, 0) is 5.41 Å². The summed E-state index contributed by atoms with van der Waals surface area (Å²) in [7, 11) is 0. The van der Waals surface area contributed by atoms with E-state index < -0.39 is 17.7 Å². The van der Waals surface area contributed by atoms with Gasteiger partial charge in [0.2, 0.25) is 0 Å². The molecule has 0 bridgehead atoms. The molecule has 0 saturated carbocycles. The Labute approximate surface area is 146 Å². The van der Waals surface area contributed by atoms with E-state index >= 15 is 0 Å². The molecule has 0 aromatic heterocycles. The van der Waals surface area contributed by atoms with Crippen LogP contribution in [0.1, 0.15) is 26.3 Å². The molecular formula is C19H22F2N2O2. The highest BCUT2D eigenvalue weighted by molar-refractivity contribution is 5.89. The maximum absolute atomic E-state index is 13.1. The van der Waals surface area contributed by atoms with Gasteiger partial charge in [-0.15, -0.1) is 0 Å². The van der Waals surface area contributed by atoms with Gasteiger partial charge in [-0.25, -0.2) is 13.6 Å². The highest BCUT2D eigenvalue weighted by Crippen LogP contribution is 2.24. The lowest BCUT2D eigenvalue weighted by Gasteiger charge is -2.19. The van der Waals surface area contributed by atoms with E-state index in [2.05, 4.69) is 31.4 Å². The minimum Gasteiger partial charge on any atom is -0.492 e. The average Bonchev–Trinajstić information content (AvgIpc) is 2.55. The predicted octanol–water partition coefficient (Wildman–Crippen LogP) is 4.46. The normalized spacial score (nSPS) is 11.1. The number of nitrogens with one attached hydrogen (secondary N) is 2. The number of anilines is 1. The smallest absolute Gasteiger partial charge is 0.319 e. The summed E-state index contributed by atoms with van der Waals surface area (Å²) in [4.78, 5) is 11.7. The van der Waals surface area contributed by atoms with Gasteiger partial charge < -0.3 is 15.4 Å².